The lowest BCUT2D eigenvalue weighted by molar-refractivity contribution is 0.398. The molecule has 0 heterocycles. The molecule has 0 spiro atoms. The Bertz CT molecular complexity index is 6770. The lowest BCUT2D eigenvalue weighted by Crippen LogP contribution is -2.26. The number of fused-ring (bicyclic) bond motifs is 25. The highest BCUT2D eigenvalue weighted by molar-refractivity contribution is 6.12. The van der Waals surface area contributed by atoms with Crippen LogP contribution in [-0.4, -0.2) is 0 Å². The number of hydrogen-bond donors (Lipinski definition) is 0. The SMILES string of the molecule is CCCCCCCCC1(CCCCCCCC)c2cc3c(cc2-c2cc4c(cc21)-c1c(cc(-c2ccc5c(c2)C(C)(C)c2cc(-c6ccc7c(c6)C(C)(c6ccccc6)c6ccccc6-7)ccc2-5)c2ccccc12)C4(C)C)C(C)(C)c1cc(-c2ccc4c(c2)C(C)(C)c2cc(-c5ccc6c(c5)C(C)(c5ccccc5)c5ccccc5-6)ccc2-4)c2ccccc2c1-3. The molecule has 0 bridgehead atoms. The van der Waals surface area contributed by atoms with E-state index in [2.05, 4.69) is 386 Å². The fourth-order valence-electron chi connectivity index (χ4n) is 25.9. The number of hydrogen-bond acceptors (Lipinski definition) is 0. The molecular weight excluding hydrogens is 1500 g/mol. The summed E-state index contributed by atoms with van der Waals surface area (Å²) >= 11 is 0. The molecule has 7 aliphatic rings. The van der Waals surface area contributed by atoms with Crippen molar-refractivity contribution < 1.29 is 0 Å². The molecule has 614 valence electrons. The van der Waals surface area contributed by atoms with Crippen molar-refractivity contribution in [2.75, 3.05) is 0 Å². The Kier molecular flexibility index (Phi) is 17.8. The summed E-state index contributed by atoms with van der Waals surface area (Å²) in [6.45, 7) is 29.7. The second kappa shape index (κ2) is 28.5. The maximum absolute atomic E-state index is 2.82. The summed E-state index contributed by atoms with van der Waals surface area (Å²) in [5.74, 6) is 0. The van der Waals surface area contributed by atoms with E-state index >= 15 is 0 Å². The Labute approximate surface area is 742 Å². The van der Waals surface area contributed by atoms with E-state index in [0.717, 1.165) is 12.8 Å². The first-order valence-electron chi connectivity index (χ1n) is 47.4. The van der Waals surface area contributed by atoms with Gasteiger partial charge in [-0.2, -0.15) is 0 Å². The Morgan fingerprint density at radius 1 is 0.176 bits per heavy atom. The van der Waals surface area contributed by atoms with Gasteiger partial charge in [0.2, 0.25) is 0 Å². The maximum Gasteiger partial charge on any atom is 0.0435 e. The van der Waals surface area contributed by atoms with Crippen molar-refractivity contribution >= 4 is 21.5 Å². The van der Waals surface area contributed by atoms with E-state index in [1.165, 1.54) is 299 Å². The molecule has 0 amide bonds. The fraction of sp³-hybridized carbons (Fsp3) is 0.264. The predicted molar refractivity (Wildman–Crippen MR) is 531 cm³/mol. The molecule has 0 radical (unpaired) electrons. The van der Waals surface area contributed by atoms with Gasteiger partial charge in [0.05, 0.1) is 0 Å². The van der Waals surface area contributed by atoms with Crippen LogP contribution in [0, 0.1) is 0 Å². The zero-order chi connectivity index (χ0) is 85.0. The molecule has 0 saturated carbocycles. The van der Waals surface area contributed by atoms with Gasteiger partial charge >= 0.3 is 0 Å². The summed E-state index contributed by atoms with van der Waals surface area (Å²) in [5, 5.41) is 5.40. The largest absolute Gasteiger partial charge is 0.0654 e. The third-order valence-electron chi connectivity index (χ3n) is 32.8. The van der Waals surface area contributed by atoms with Crippen molar-refractivity contribution in [1.82, 2.24) is 0 Å². The van der Waals surface area contributed by atoms with Crippen LogP contribution in [0.4, 0.5) is 0 Å². The van der Waals surface area contributed by atoms with Crippen molar-refractivity contribution in [3.05, 3.63) is 392 Å². The van der Waals surface area contributed by atoms with Crippen LogP contribution in [0.25, 0.3) is 144 Å². The molecule has 2 atom stereocenters. The number of rotatable bonds is 20. The van der Waals surface area contributed by atoms with Gasteiger partial charge in [0, 0.05) is 37.9 Å². The molecule has 2 unspecified atom stereocenters. The topological polar surface area (TPSA) is 0 Å². The van der Waals surface area contributed by atoms with E-state index in [1.54, 1.807) is 11.1 Å². The number of benzene rings is 16. The van der Waals surface area contributed by atoms with Crippen LogP contribution in [0.15, 0.2) is 303 Å². The monoisotopic (exact) mass is 1610 g/mol. The Morgan fingerprint density at radius 2 is 0.440 bits per heavy atom. The van der Waals surface area contributed by atoms with Crippen molar-refractivity contribution in [2.24, 2.45) is 0 Å². The third-order valence-corrected chi connectivity index (χ3v) is 32.8. The minimum Gasteiger partial charge on any atom is -0.0654 e. The molecule has 0 fully saturated rings. The number of unbranched alkanes of at least 4 members (excludes halogenated alkanes) is 10. The Morgan fingerprint density at radius 3 is 0.816 bits per heavy atom. The van der Waals surface area contributed by atoms with Gasteiger partial charge in [0.15, 0.2) is 0 Å². The van der Waals surface area contributed by atoms with Crippen LogP contribution in [0.5, 0.6) is 0 Å². The minimum atomic E-state index is -0.285. The second-order valence-electron chi connectivity index (χ2n) is 40.9. The van der Waals surface area contributed by atoms with E-state index in [-0.39, 0.29) is 37.9 Å². The van der Waals surface area contributed by atoms with Crippen LogP contribution in [0.1, 0.15) is 262 Å². The average molecular weight is 1620 g/mol. The predicted octanol–water partition coefficient (Wildman–Crippen LogP) is 34.3. The summed E-state index contributed by atoms with van der Waals surface area (Å²) in [6.07, 6.45) is 17.7. The smallest absolute Gasteiger partial charge is 0.0435 e. The van der Waals surface area contributed by atoms with Crippen LogP contribution in [0.2, 0.25) is 0 Å². The molecule has 16 aromatic rings. The summed E-state index contributed by atoms with van der Waals surface area (Å²) in [7, 11) is 0. The van der Waals surface area contributed by atoms with E-state index in [1.807, 2.05) is 0 Å². The van der Waals surface area contributed by atoms with Crippen LogP contribution >= 0.6 is 0 Å². The molecule has 0 heteroatoms. The van der Waals surface area contributed by atoms with E-state index < -0.39 is 0 Å². The highest BCUT2D eigenvalue weighted by Crippen LogP contribution is 2.66. The standard InChI is InChI=1S/C125H114/c1-13-15-17-19-21-37-63-125(64-38-22-20-18-16-14-2)113-75-101-109(121(7,8)115-71-97(85-43-29-31-47-95(85)117(101)115)81-55-61-91-89-57-51-77(65-105(89)119(3,4)107(91)69-81)79-53-59-93-87-45-33-35-49-103(87)123(11,111(93)67-79)83-39-25-23-26-40-83)73-99(113)100-74-110-102(76-114(100)125)118-96-48-32-30-44-86(96)98(72-116(118)122(110,9)10)82-56-62-92-90-58-52-78(66-106(90)120(5,6)108(92)70-82)80-54-60-94-88-46-34-36-50-104(88)124(12,112(94)68-80)84-41-27-24-28-42-84/h23-36,39-62,65-76H,13-22,37-38,63-64H2,1-12H3. The van der Waals surface area contributed by atoms with Gasteiger partial charge in [-0.15, -0.1) is 0 Å². The van der Waals surface area contributed by atoms with Gasteiger partial charge in [0.1, 0.15) is 0 Å². The summed E-state index contributed by atoms with van der Waals surface area (Å²) < 4.78 is 0. The summed E-state index contributed by atoms with van der Waals surface area (Å²) in [5.41, 5.74) is 50.8. The molecule has 16 aromatic carbocycles. The lowest BCUT2D eigenvalue weighted by Gasteiger charge is -2.34. The molecule has 0 N–H and O–H groups in total. The van der Waals surface area contributed by atoms with E-state index in [0.29, 0.717) is 0 Å². The molecule has 0 aliphatic heterocycles. The minimum absolute atomic E-state index is 0.157. The van der Waals surface area contributed by atoms with Crippen LogP contribution in [-0.2, 0) is 37.9 Å². The lowest BCUT2D eigenvalue weighted by atomic mass is 9.69. The van der Waals surface area contributed by atoms with Gasteiger partial charge in [0.25, 0.3) is 0 Å². The van der Waals surface area contributed by atoms with Crippen molar-refractivity contribution in [1.29, 1.82) is 0 Å². The summed E-state index contributed by atoms with van der Waals surface area (Å²) in [4.78, 5) is 0. The van der Waals surface area contributed by atoms with Gasteiger partial charge < -0.3 is 0 Å². The first-order chi connectivity index (χ1) is 60.7. The van der Waals surface area contributed by atoms with E-state index in [9.17, 15) is 0 Å². The highest BCUT2D eigenvalue weighted by Gasteiger charge is 2.51. The fourth-order valence-corrected chi connectivity index (χ4v) is 25.9. The molecule has 23 rings (SSSR count). The van der Waals surface area contributed by atoms with Crippen LogP contribution in [0.3, 0.4) is 0 Å². The third kappa shape index (κ3) is 11.2. The second-order valence-corrected chi connectivity index (χ2v) is 40.9. The summed E-state index contributed by atoms with van der Waals surface area (Å²) in [6, 6.07) is 120. The zero-order valence-corrected chi connectivity index (χ0v) is 75.3. The average Bonchev–Trinajstić information content (AvgIpc) is 1.49. The highest BCUT2D eigenvalue weighted by atomic mass is 14.5. The molecule has 0 nitrogen and oxygen atoms in total. The molecular formula is C125H114. The Balaban J connectivity index is 0.613. The van der Waals surface area contributed by atoms with Crippen molar-refractivity contribution in [2.45, 2.75) is 211 Å². The quantitative estimate of drug-likeness (QED) is 0.0667. The normalized spacial score (nSPS) is 17.8. The first-order valence-corrected chi connectivity index (χ1v) is 47.4. The molecule has 7 aliphatic carbocycles. The van der Waals surface area contributed by atoms with Gasteiger partial charge in [-0.05, 0) is 332 Å². The van der Waals surface area contributed by atoms with E-state index in [4.69, 9.17) is 0 Å². The Hall–Kier alpha value is -12.0. The van der Waals surface area contributed by atoms with Crippen molar-refractivity contribution in [3.63, 3.8) is 0 Å². The van der Waals surface area contributed by atoms with Gasteiger partial charge in [-0.3, -0.25) is 0 Å². The zero-order valence-electron chi connectivity index (χ0n) is 75.3. The maximum atomic E-state index is 2.82. The molecule has 125 heavy (non-hydrogen) atoms. The van der Waals surface area contributed by atoms with Gasteiger partial charge in [-0.1, -0.05) is 377 Å². The molecule has 0 saturated heterocycles. The van der Waals surface area contributed by atoms with Crippen molar-refractivity contribution in [3.8, 4) is 122 Å². The van der Waals surface area contributed by atoms with Gasteiger partial charge in [-0.25, -0.2) is 0 Å². The molecule has 0 aromatic heterocycles. The first kappa shape index (κ1) is 77.8. The van der Waals surface area contributed by atoms with Crippen LogP contribution < -0.4 is 0 Å².